The third kappa shape index (κ3) is 1.72. The van der Waals surface area contributed by atoms with Crippen LogP contribution in [0.25, 0.3) is 22.9 Å². The molecule has 1 heteroatoms. The number of rotatable bonds is 3. The molecule has 2 aromatic carbocycles. The van der Waals surface area contributed by atoms with Crippen LogP contribution in [0.4, 0.5) is 0 Å². The van der Waals surface area contributed by atoms with Crippen molar-refractivity contribution in [2.24, 2.45) is 0 Å². The van der Waals surface area contributed by atoms with E-state index in [9.17, 15) is 0 Å². The van der Waals surface area contributed by atoms with Crippen LogP contribution in [0, 0.1) is 0 Å². The van der Waals surface area contributed by atoms with Gasteiger partial charge in [0, 0.05) is 5.33 Å². The van der Waals surface area contributed by atoms with Crippen LogP contribution in [-0.4, -0.2) is 0 Å². The van der Waals surface area contributed by atoms with Gasteiger partial charge in [-0.3, -0.25) is 0 Å². The highest BCUT2D eigenvalue weighted by atomic mass is 79.9. The summed E-state index contributed by atoms with van der Waals surface area (Å²) in [6.07, 6.45) is 3.80. The zero-order chi connectivity index (χ0) is 11.5. The predicted octanol–water partition coefficient (Wildman–Crippen LogP) is 5.02. The first-order valence-corrected chi connectivity index (χ1v) is 6.29. The zero-order valence-corrected chi connectivity index (χ0v) is 10.6. The van der Waals surface area contributed by atoms with Crippen molar-refractivity contribution in [2.45, 2.75) is 5.33 Å². The number of hydrogen-bond donors (Lipinski definition) is 0. The van der Waals surface area contributed by atoms with Gasteiger partial charge in [0.2, 0.25) is 0 Å². The Bertz CT molecular complexity index is 553. The average molecular weight is 273 g/mol. The molecular weight excluding hydrogens is 260 g/mol. The van der Waals surface area contributed by atoms with Gasteiger partial charge in [0.05, 0.1) is 0 Å². The zero-order valence-electron chi connectivity index (χ0n) is 9.04. The summed E-state index contributed by atoms with van der Waals surface area (Å²) in [4.78, 5) is 0. The Hall–Kier alpha value is -1.34. The fourth-order valence-corrected chi connectivity index (χ4v) is 2.61. The van der Waals surface area contributed by atoms with Gasteiger partial charge in [-0.25, -0.2) is 0 Å². The first-order chi connectivity index (χ1) is 7.81. The van der Waals surface area contributed by atoms with E-state index < -0.39 is 0 Å². The Morgan fingerprint density at radius 1 is 1.00 bits per heavy atom. The molecule has 16 heavy (non-hydrogen) atoms. The number of hydrogen-bond acceptors (Lipinski definition) is 0. The lowest BCUT2D eigenvalue weighted by molar-refractivity contribution is 1.46. The monoisotopic (exact) mass is 272 g/mol. The lowest BCUT2D eigenvalue weighted by Crippen LogP contribution is -1.90. The fourth-order valence-electron chi connectivity index (χ4n) is 1.99. The van der Waals surface area contributed by atoms with Gasteiger partial charge in [0.25, 0.3) is 0 Å². The minimum Gasteiger partial charge on any atom is -0.0985 e. The van der Waals surface area contributed by atoms with Gasteiger partial charge in [0.15, 0.2) is 0 Å². The van der Waals surface area contributed by atoms with E-state index in [4.69, 9.17) is 0 Å². The Morgan fingerprint density at radius 3 is 2.19 bits per heavy atom. The summed E-state index contributed by atoms with van der Waals surface area (Å²) in [6, 6.07) is 10.5. The molecule has 0 heterocycles. The minimum absolute atomic E-state index is 0.840. The second kappa shape index (κ2) is 4.67. The first kappa shape index (κ1) is 11.2. The molecule has 0 nitrogen and oxygen atoms in total. The Kier molecular flexibility index (Phi) is 3.25. The molecule has 0 fully saturated rings. The van der Waals surface area contributed by atoms with Gasteiger partial charge < -0.3 is 0 Å². The van der Waals surface area contributed by atoms with Crippen molar-refractivity contribution in [2.75, 3.05) is 0 Å². The van der Waals surface area contributed by atoms with Crippen LogP contribution in [-0.2, 0) is 5.33 Å². The molecule has 0 bridgehead atoms. The van der Waals surface area contributed by atoms with Crippen LogP contribution in [0.2, 0.25) is 0 Å². The van der Waals surface area contributed by atoms with Crippen molar-refractivity contribution in [1.82, 2.24) is 0 Å². The molecule has 0 amide bonds. The molecule has 2 rings (SSSR count). The van der Waals surface area contributed by atoms with E-state index in [0.717, 1.165) is 10.9 Å². The van der Waals surface area contributed by atoms with E-state index in [-0.39, 0.29) is 0 Å². The molecule has 2 aromatic rings. The van der Waals surface area contributed by atoms with Crippen molar-refractivity contribution >= 4 is 38.9 Å². The van der Waals surface area contributed by atoms with Crippen LogP contribution in [0.1, 0.15) is 16.7 Å². The second-order valence-electron chi connectivity index (χ2n) is 3.62. The molecule has 0 aromatic heterocycles. The summed E-state index contributed by atoms with van der Waals surface area (Å²) >= 11 is 3.54. The minimum atomic E-state index is 0.840. The molecule has 0 saturated carbocycles. The Balaban J connectivity index is 2.93. The number of benzene rings is 2. The molecule has 0 radical (unpaired) electrons. The van der Waals surface area contributed by atoms with Gasteiger partial charge in [-0.05, 0) is 33.5 Å². The van der Waals surface area contributed by atoms with Crippen LogP contribution < -0.4 is 0 Å². The third-order valence-corrected chi connectivity index (χ3v) is 3.36. The largest absolute Gasteiger partial charge is 0.0985 e. The third-order valence-electron chi connectivity index (χ3n) is 2.80. The Morgan fingerprint density at radius 2 is 1.62 bits per heavy atom. The molecule has 0 aliphatic rings. The summed E-state index contributed by atoms with van der Waals surface area (Å²) in [7, 11) is 0. The maximum Gasteiger partial charge on any atom is 0.0295 e. The van der Waals surface area contributed by atoms with Crippen molar-refractivity contribution in [3.05, 3.63) is 60.2 Å². The van der Waals surface area contributed by atoms with E-state index in [1.807, 2.05) is 12.2 Å². The van der Waals surface area contributed by atoms with Gasteiger partial charge in [-0.1, -0.05) is 65.5 Å². The maximum absolute atomic E-state index is 3.87. The normalized spacial score (nSPS) is 10.3. The highest BCUT2D eigenvalue weighted by Crippen LogP contribution is 2.29. The van der Waals surface area contributed by atoms with Gasteiger partial charge >= 0.3 is 0 Å². The predicted molar refractivity (Wildman–Crippen MR) is 76.8 cm³/mol. The molecule has 0 spiro atoms. The van der Waals surface area contributed by atoms with E-state index in [1.54, 1.807) is 0 Å². The van der Waals surface area contributed by atoms with E-state index in [1.165, 1.54) is 21.9 Å². The number of fused-ring (bicyclic) bond motifs is 1. The molecule has 0 aliphatic heterocycles. The molecular formula is C15H13Br. The summed E-state index contributed by atoms with van der Waals surface area (Å²) in [6.45, 7) is 7.73. The molecule has 0 N–H and O–H groups in total. The SMILES string of the molecule is C=Cc1cc(C=C)c2ccccc2c1CBr. The number of halogens is 1. The lowest BCUT2D eigenvalue weighted by Gasteiger charge is -2.11. The molecule has 0 atom stereocenters. The van der Waals surface area contributed by atoms with Crippen molar-refractivity contribution < 1.29 is 0 Å². The van der Waals surface area contributed by atoms with E-state index >= 15 is 0 Å². The quantitative estimate of drug-likeness (QED) is 0.689. The average Bonchev–Trinajstić information content (AvgIpc) is 2.36. The summed E-state index contributed by atoms with van der Waals surface area (Å²) in [5.74, 6) is 0. The van der Waals surface area contributed by atoms with Crippen LogP contribution in [0.3, 0.4) is 0 Å². The number of alkyl halides is 1. The van der Waals surface area contributed by atoms with Crippen molar-refractivity contribution in [1.29, 1.82) is 0 Å². The van der Waals surface area contributed by atoms with Crippen molar-refractivity contribution in [3.63, 3.8) is 0 Å². The standard InChI is InChI=1S/C15H13Br/c1-3-11-9-12(4-2)15(10-16)14-8-6-5-7-13(11)14/h3-9H,1-2,10H2. The summed E-state index contributed by atoms with van der Waals surface area (Å²) < 4.78 is 0. The van der Waals surface area contributed by atoms with Gasteiger partial charge in [-0.2, -0.15) is 0 Å². The molecule has 0 aliphatic carbocycles. The maximum atomic E-state index is 3.87. The van der Waals surface area contributed by atoms with Gasteiger partial charge in [-0.15, -0.1) is 0 Å². The fraction of sp³-hybridized carbons (Fsp3) is 0.0667. The summed E-state index contributed by atoms with van der Waals surface area (Å²) in [5, 5.41) is 3.36. The van der Waals surface area contributed by atoms with Crippen LogP contribution >= 0.6 is 15.9 Å². The second-order valence-corrected chi connectivity index (χ2v) is 4.18. The van der Waals surface area contributed by atoms with Crippen molar-refractivity contribution in [3.8, 4) is 0 Å². The summed E-state index contributed by atoms with van der Waals surface area (Å²) in [5.41, 5.74) is 3.62. The van der Waals surface area contributed by atoms with E-state index in [0.29, 0.717) is 0 Å². The first-order valence-electron chi connectivity index (χ1n) is 5.17. The molecule has 0 saturated heterocycles. The topological polar surface area (TPSA) is 0 Å². The highest BCUT2D eigenvalue weighted by Gasteiger charge is 2.07. The molecule has 0 unspecified atom stereocenters. The Labute approximate surface area is 104 Å². The highest BCUT2D eigenvalue weighted by molar-refractivity contribution is 9.08. The van der Waals surface area contributed by atoms with Gasteiger partial charge in [0.1, 0.15) is 0 Å². The van der Waals surface area contributed by atoms with Crippen LogP contribution in [0.5, 0.6) is 0 Å². The van der Waals surface area contributed by atoms with E-state index in [2.05, 4.69) is 59.4 Å². The lowest BCUT2D eigenvalue weighted by atomic mass is 9.95. The smallest absolute Gasteiger partial charge is 0.0295 e. The van der Waals surface area contributed by atoms with Crippen LogP contribution in [0.15, 0.2) is 43.5 Å². The molecule has 80 valence electrons.